The molecule has 36 heavy (non-hydrogen) atoms. The van der Waals surface area contributed by atoms with E-state index in [0.717, 1.165) is 25.9 Å². The molecule has 0 saturated heterocycles. The van der Waals surface area contributed by atoms with Crippen LogP contribution in [0.2, 0.25) is 0 Å². The van der Waals surface area contributed by atoms with Crippen molar-refractivity contribution in [2.75, 3.05) is 20.3 Å². The molecule has 0 aliphatic heterocycles. The Balaban J connectivity index is 0.00000324. The molecule has 2 aliphatic rings. The monoisotopic (exact) mass is 542 g/mol. The van der Waals surface area contributed by atoms with Gasteiger partial charge in [0.1, 0.15) is 5.60 Å². The molecule has 2 saturated carbocycles. The second-order valence-corrected chi connectivity index (χ2v) is 11.8. The highest BCUT2D eigenvalue weighted by atomic mass is 35.5. The number of esters is 1. The van der Waals surface area contributed by atoms with E-state index in [4.69, 9.17) is 9.47 Å². The molecular weight excluding hydrogens is 495 g/mol. The van der Waals surface area contributed by atoms with Crippen molar-refractivity contribution < 1.29 is 14.3 Å². The van der Waals surface area contributed by atoms with Crippen molar-refractivity contribution in [1.29, 1.82) is 0 Å². The van der Waals surface area contributed by atoms with E-state index in [9.17, 15) is 4.79 Å². The summed E-state index contributed by atoms with van der Waals surface area (Å²) in [6, 6.07) is 12.3. The number of hydrogen-bond acceptors (Lipinski definition) is 5. The van der Waals surface area contributed by atoms with Gasteiger partial charge in [-0.25, -0.2) is 0 Å². The summed E-state index contributed by atoms with van der Waals surface area (Å²) in [5.41, 5.74) is 1.82. The van der Waals surface area contributed by atoms with Gasteiger partial charge in [0.25, 0.3) is 0 Å². The van der Waals surface area contributed by atoms with Crippen molar-refractivity contribution in [3.8, 4) is 0 Å². The summed E-state index contributed by atoms with van der Waals surface area (Å²) in [4.78, 5) is 12.5. The number of benzene rings is 1. The van der Waals surface area contributed by atoms with E-state index in [1.807, 2.05) is 34.6 Å². The number of carbonyl (C=O) groups is 1. The Morgan fingerprint density at radius 1 is 1.00 bits per heavy atom. The second kappa shape index (κ2) is 14.7. The Morgan fingerprint density at radius 3 is 2.19 bits per heavy atom. The highest BCUT2D eigenvalue weighted by Crippen LogP contribution is 2.41. The van der Waals surface area contributed by atoms with E-state index in [1.165, 1.54) is 30.4 Å². The molecule has 7 heteroatoms. The van der Waals surface area contributed by atoms with Crippen molar-refractivity contribution >= 4 is 36.9 Å². The number of ether oxygens (including phenoxy) is 2. The fraction of sp³-hybridized carbons (Fsp3) is 0.690. The van der Waals surface area contributed by atoms with Crippen LogP contribution in [0.3, 0.4) is 0 Å². The van der Waals surface area contributed by atoms with Gasteiger partial charge in [0.15, 0.2) is 0 Å². The quantitative estimate of drug-likeness (QED) is 0.326. The Kier molecular flexibility index (Phi) is 13.5. The van der Waals surface area contributed by atoms with Gasteiger partial charge in [-0.05, 0) is 84.6 Å². The lowest BCUT2D eigenvalue weighted by Crippen LogP contribution is -2.46. The molecule has 5 nitrogen and oxygen atoms in total. The first kappa shape index (κ1) is 32.9. The molecule has 0 aromatic heterocycles. The number of nitrogens with one attached hydrogen (secondary N) is 2. The molecule has 2 fully saturated rings. The SMILES string of the molecule is COCCC(=Cc1ccccc1)C1C[C@@H]1NC1CCC(NCC(C)(C)C(=O)OC(C)(C)C)CC1.Cl.Cl. The summed E-state index contributed by atoms with van der Waals surface area (Å²) in [5.74, 6) is 0.497. The molecule has 2 N–H and O–H groups in total. The summed E-state index contributed by atoms with van der Waals surface area (Å²) in [6.45, 7) is 11.1. The number of carbonyl (C=O) groups excluding carboxylic acids is 1. The fourth-order valence-electron chi connectivity index (χ4n) is 4.79. The van der Waals surface area contributed by atoms with Gasteiger partial charge in [-0.15, -0.1) is 24.8 Å². The van der Waals surface area contributed by atoms with Gasteiger partial charge in [0.2, 0.25) is 0 Å². The van der Waals surface area contributed by atoms with Crippen LogP contribution in [0, 0.1) is 11.3 Å². The van der Waals surface area contributed by atoms with Crippen LogP contribution in [0.5, 0.6) is 0 Å². The van der Waals surface area contributed by atoms with Gasteiger partial charge in [-0.1, -0.05) is 42.0 Å². The molecule has 3 rings (SSSR count). The molecule has 0 bridgehead atoms. The third kappa shape index (κ3) is 10.7. The lowest BCUT2D eigenvalue weighted by atomic mass is 9.88. The van der Waals surface area contributed by atoms with Crippen LogP contribution in [0.15, 0.2) is 35.9 Å². The van der Waals surface area contributed by atoms with Crippen molar-refractivity contribution in [3.63, 3.8) is 0 Å². The Hall–Kier alpha value is -1.11. The molecule has 2 aliphatic carbocycles. The summed E-state index contributed by atoms with van der Waals surface area (Å²) in [7, 11) is 1.78. The maximum Gasteiger partial charge on any atom is 0.313 e. The van der Waals surface area contributed by atoms with Crippen LogP contribution >= 0.6 is 24.8 Å². The van der Waals surface area contributed by atoms with E-state index in [-0.39, 0.29) is 30.8 Å². The summed E-state index contributed by atoms with van der Waals surface area (Å²) < 4.78 is 11.0. The Labute approximate surface area is 231 Å². The van der Waals surface area contributed by atoms with Crippen LogP contribution in [-0.4, -0.2) is 50.0 Å². The van der Waals surface area contributed by atoms with Crippen LogP contribution in [-0.2, 0) is 14.3 Å². The standard InChI is InChI=1S/C29H46N2O3.2ClH/c1-28(2,3)34-27(32)29(4,5)20-30-23-12-14-24(15-13-23)31-26-19-25(26)22(16-17-33-6)18-21-10-8-7-9-11-21;;/h7-11,18,23-26,30-31H,12-17,19-20H2,1-6H3;2*1H/t23?,24?,25?,26-;;/m0../s1. The van der Waals surface area contributed by atoms with Crippen LogP contribution in [0.4, 0.5) is 0 Å². The lowest BCUT2D eigenvalue weighted by Gasteiger charge is -2.33. The first-order chi connectivity index (χ1) is 16.1. The predicted octanol–water partition coefficient (Wildman–Crippen LogP) is 6.20. The largest absolute Gasteiger partial charge is 0.460 e. The van der Waals surface area contributed by atoms with Crippen LogP contribution in [0.25, 0.3) is 6.08 Å². The molecule has 1 aromatic rings. The highest BCUT2D eigenvalue weighted by molar-refractivity contribution is 5.85. The van der Waals surface area contributed by atoms with E-state index in [0.29, 0.717) is 30.6 Å². The smallest absolute Gasteiger partial charge is 0.313 e. The summed E-state index contributed by atoms with van der Waals surface area (Å²) >= 11 is 0. The summed E-state index contributed by atoms with van der Waals surface area (Å²) in [5, 5.41) is 7.58. The van der Waals surface area contributed by atoms with Gasteiger partial charge in [-0.3, -0.25) is 4.79 Å². The number of hydrogen-bond donors (Lipinski definition) is 2. The third-order valence-corrected chi connectivity index (χ3v) is 6.97. The van der Waals surface area contributed by atoms with Crippen LogP contribution in [0.1, 0.15) is 78.7 Å². The zero-order chi connectivity index (χ0) is 24.8. The summed E-state index contributed by atoms with van der Waals surface area (Å²) in [6.07, 6.45) is 9.25. The van der Waals surface area contributed by atoms with Crippen molar-refractivity contribution in [2.24, 2.45) is 11.3 Å². The predicted molar refractivity (Wildman–Crippen MR) is 154 cm³/mol. The molecule has 0 radical (unpaired) electrons. The topological polar surface area (TPSA) is 59.6 Å². The zero-order valence-electron chi connectivity index (χ0n) is 23.0. The molecule has 1 aromatic carbocycles. The van der Waals surface area contributed by atoms with Crippen molar-refractivity contribution in [3.05, 3.63) is 41.5 Å². The minimum Gasteiger partial charge on any atom is -0.460 e. The van der Waals surface area contributed by atoms with E-state index >= 15 is 0 Å². The lowest BCUT2D eigenvalue weighted by molar-refractivity contribution is -0.165. The number of rotatable bonds is 11. The minimum atomic E-state index is -0.521. The average Bonchev–Trinajstić information content (AvgIpc) is 3.54. The zero-order valence-corrected chi connectivity index (χ0v) is 24.6. The van der Waals surface area contributed by atoms with Gasteiger partial charge in [-0.2, -0.15) is 0 Å². The molecule has 1 unspecified atom stereocenters. The fourth-order valence-corrected chi connectivity index (χ4v) is 4.79. The van der Waals surface area contributed by atoms with Gasteiger partial charge >= 0.3 is 5.97 Å². The minimum absolute atomic E-state index is 0. The molecule has 2 atom stereocenters. The number of methoxy groups -OCH3 is 1. The van der Waals surface area contributed by atoms with E-state index in [2.05, 4.69) is 47.0 Å². The van der Waals surface area contributed by atoms with E-state index in [1.54, 1.807) is 7.11 Å². The van der Waals surface area contributed by atoms with Crippen molar-refractivity contribution in [1.82, 2.24) is 10.6 Å². The van der Waals surface area contributed by atoms with Gasteiger partial charge in [0.05, 0.1) is 5.41 Å². The highest BCUT2D eigenvalue weighted by Gasteiger charge is 2.41. The van der Waals surface area contributed by atoms with Gasteiger partial charge < -0.3 is 20.1 Å². The third-order valence-electron chi connectivity index (χ3n) is 6.97. The van der Waals surface area contributed by atoms with Crippen molar-refractivity contribution in [2.45, 2.75) is 96.9 Å². The second-order valence-electron chi connectivity index (χ2n) is 11.8. The first-order valence-corrected chi connectivity index (χ1v) is 13.0. The molecule has 0 heterocycles. The Morgan fingerprint density at radius 2 is 1.61 bits per heavy atom. The Bertz CT molecular complexity index is 816. The maximum atomic E-state index is 12.5. The normalized spacial score (nSPS) is 24.3. The van der Waals surface area contributed by atoms with Gasteiger partial charge in [0, 0.05) is 38.4 Å². The van der Waals surface area contributed by atoms with Crippen LogP contribution < -0.4 is 10.6 Å². The molecule has 206 valence electrons. The molecule has 0 amide bonds. The average molecular weight is 544 g/mol. The molecular formula is C29H48Cl2N2O3. The first-order valence-electron chi connectivity index (χ1n) is 13.0. The van der Waals surface area contributed by atoms with E-state index < -0.39 is 11.0 Å². The number of halogens is 2. The maximum absolute atomic E-state index is 12.5. The molecule has 0 spiro atoms.